The molecule has 2 aromatic carbocycles. The molecule has 11 heteroatoms. The number of carbonyl (C=O) groups is 3. The monoisotopic (exact) mass is 662 g/mol. The van der Waals surface area contributed by atoms with E-state index in [2.05, 4.69) is 29.5 Å². The van der Waals surface area contributed by atoms with Crippen LogP contribution in [0.3, 0.4) is 0 Å². The van der Waals surface area contributed by atoms with Gasteiger partial charge in [-0.05, 0) is 67.3 Å². The number of amides is 3. The molecular weight excluding hydrogens is 611 g/mol. The first kappa shape index (κ1) is 36.7. The maximum atomic E-state index is 14.1. The summed E-state index contributed by atoms with van der Waals surface area (Å²) in [6.45, 7) is 4.20. The molecule has 0 radical (unpaired) electrons. The highest BCUT2D eigenvalue weighted by atomic mass is 19.1. The maximum Gasteiger partial charge on any atom is 0.322 e. The summed E-state index contributed by atoms with van der Waals surface area (Å²) in [5, 5.41) is 17.1. The third kappa shape index (κ3) is 11.0. The number of rotatable bonds is 15. The number of nitrogens with two attached hydrogens (primary N) is 1. The first-order valence-electron chi connectivity index (χ1n) is 17.1. The minimum atomic E-state index is -1.03. The van der Waals surface area contributed by atoms with Crippen LogP contribution in [0.2, 0.25) is 0 Å². The number of aliphatic hydroxyl groups is 1. The Labute approximate surface area is 283 Å². The Bertz CT molecular complexity index is 1460. The van der Waals surface area contributed by atoms with Gasteiger partial charge in [-0.3, -0.25) is 14.2 Å². The molecule has 1 heterocycles. The third-order valence-electron chi connectivity index (χ3n) is 9.24. The highest BCUT2D eigenvalue weighted by Gasteiger charge is 2.33. The first-order chi connectivity index (χ1) is 23.0. The Morgan fingerprint density at radius 2 is 1.71 bits per heavy atom. The van der Waals surface area contributed by atoms with Crippen molar-refractivity contribution < 1.29 is 23.9 Å². The van der Waals surface area contributed by atoms with Crippen molar-refractivity contribution in [3.63, 3.8) is 0 Å². The zero-order chi connectivity index (χ0) is 34.6. The number of urea groups is 1. The van der Waals surface area contributed by atoms with E-state index in [4.69, 9.17) is 5.73 Å². The van der Waals surface area contributed by atoms with Crippen LogP contribution in [-0.2, 0) is 17.6 Å². The van der Waals surface area contributed by atoms with E-state index in [-0.39, 0.29) is 12.3 Å². The van der Waals surface area contributed by atoms with Crippen molar-refractivity contribution in [1.82, 2.24) is 19.8 Å². The Hall–Kier alpha value is -4.09. The van der Waals surface area contributed by atoms with Crippen molar-refractivity contribution in [2.24, 2.45) is 17.6 Å². The lowest BCUT2D eigenvalue weighted by Crippen LogP contribution is -2.55. The summed E-state index contributed by atoms with van der Waals surface area (Å²) in [6.07, 6.45) is 10.2. The van der Waals surface area contributed by atoms with E-state index in [0.717, 1.165) is 37.7 Å². The second-order valence-electron chi connectivity index (χ2n) is 13.6. The highest BCUT2D eigenvalue weighted by Crippen LogP contribution is 2.29. The van der Waals surface area contributed by atoms with Crippen molar-refractivity contribution in [3.05, 3.63) is 84.2 Å². The molecule has 3 aromatic rings. The van der Waals surface area contributed by atoms with E-state index in [1.165, 1.54) is 59.7 Å². The average molecular weight is 663 g/mol. The summed E-state index contributed by atoms with van der Waals surface area (Å²) in [7, 11) is 1.51. The van der Waals surface area contributed by atoms with Gasteiger partial charge in [0.25, 0.3) is 0 Å². The second-order valence-corrected chi connectivity index (χ2v) is 13.6. The summed E-state index contributed by atoms with van der Waals surface area (Å²) < 4.78 is 14.8. The number of anilines is 1. The summed E-state index contributed by atoms with van der Waals surface area (Å²) in [6, 6.07) is 11.9. The number of nitrogens with zero attached hydrogens (tertiary/aromatic N) is 3. The van der Waals surface area contributed by atoms with Crippen LogP contribution in [0.5, 0.6) is 0 Å². The Morgan fingerprint density at radius 3 is 2.38 bits per heavy atom. The van der Waals surface area contributed by atoms with Crippen LogP contribution in [0, 0.1) is 17.7 Å². The molecule has 1 fully saturated rings. The van der Waals surface area contributed by atoms with Crippen LogP contribution in [0.4, 0.5) is 14.9 Å². The Morgan fingerprint density at radius 1 is 1.02 bits per heavy atom. The Balaban J connectivity index is 1.54. The lowest BCUT2D eigenvalue weighted by molar-refractivity contribution is -0.127. The summed E-state index contributed by atoms with van der Waals surface area (Å²) >= 11 is 0. The topological polar surface area (TPSA) is 143 Å². The molecule has 0 aliphatic heterocycles. The van der Waals surface area contributed by atoms with Gasteiger partial charge in [-0.2, -0.15) is 0 Å². The molecule has 4 rings (SSSR count). The number of aromatic nitrogens is 2. The van der Waals surface area contributed by atoms with Gasteiger partial charge in [0.15, 0.2) is 0 Å². The van der Waals surface area contributed by atoms with Crippen molar-refractivity contribution in [3.8, 4) is 0 Å². The van der Waals surface area contributed by atoms with Crippen molar-refractivity contribution in [1.29, 1.82) is 0 Å². The number of aliphatic hydroxyl groups excluding tert-OH is 1. The first-order valence-corrected chi connectivity index (χ1v) is 17.1. The van der Waals surface area contributed by atoms with E-state index >= 15 is 0 Å². The molecule has 1 saturated carbocycles. The van der Waals surface area contributed by atoms with Gasteiger partial charge in [-0.15, -0.1) is 0 Å². The molecule has 1 aliphatic rings. The molecule has 1 aromatic heterocycles. The minimum absolute atomic E-state index is 0.00557. The molecular formula is C37H51FN6O4. The zero-order valence-corrected chi connectivity index (χ0v) is 28.4. The molecule has 0 bridgehead atoms. The number of carbonyl (C=O) groups excluding carboxylic acids is 3. The van der Waals surface area contributed by atoms with E-state index in [1.54, 1.807) is 0 Å². The molecule has 10 nitrogen and oxygen atoms in total. The van der Waals surface area contributed by atoms with Crippen LogP contribution in [0.1, 0.15) is 81.3 Å². The average Bonchev–Trinajstić information content (AvgIpc) is 3.55. The fourth-order valence-electron chi connectivity index (χ4n) is 6.30. The number of hydrogen-bond donors (Lipinski definition) is 4. The minimum Gasteiger partial charge on any atom is -0.391 e. The van der Waals surface area contributed by atoms with E-state index in [1.807, 2.05) is 30.3 Å². The summed E-state index contributed by atoms with van der Waals surface area (Å²) in [4.78, 5) is 46.4. The number of benzene rings is 2. The van der Waals surface area contributed by atoms with Gasteiger partial charge >= 0.3 is 6.03 Å². The molecule has 48 heavy (non-hydrogen) atoms. The molecule has 5 N–H and O–H groups in total. The van der Waals surface area contributed by atoms with Crippen molar-refractivity contribution >= 4 is 23.5 Å². The quantitative estimate of drug-likeness (QED) is 0.168. The molecule has 0 saturated heterocycles. The fourth-order valence-corrected chi connectivity index (χ4v) is 6.30. The maximum absolute atomic E-state index is 14.1. The highest BCUT2D eigenvalue weighted by molar-refractivity contribution is 5.94. The van der Waals surface area contributed by atoms with E-state index < -0.39 is 42.0 Å². The number of nitrogens with one attached hydrogen (secondary N) is 2. The molecule has 1 aliphatic carbocycles. The molecule has 260 valence electrons. The largest absolute Gasteiger partial charge is 0.391 e. The Kier molecular flexibility index (Phi) is 13.7. The van der Waals surface area contributed by atoms with Crippen LogP contribution < -0.4 is 16.4 Å². The van der Waals surface area contributed by atoms with Gasteiger partial charge in [-0.25, -0.2) is 14.2 Å². The van der Waals surface area contributed by atoms with Crippen LogP contribution in [0.15, 0.2) is 67.1 Å². The van der Waals surface area contributed by atoms with Crippen LogP contribution in [-0.4, -0.2) is 68.7 Å². The standard InChI is InChI=1S/C37H51FN6O4/c1-25(2)14-19-34(45)32(21-27-12-8-5-9-13-27)42-35(46)33(43(3)37(48)41-29-17-15-28(38)16-18-29)22-30-23-44(24-40-30)36(47)31(39)20-26-10-6-4-7-11-26/h4,6-7,10-11,15-18,23-25,27,31-34,45H,5,8-9,12-14,19-22,39H2,1-3H3,(H,41,48)(H,42,46)/t31-,32-,33-,34-/m0/s1. The summed E-state index contributed by atoms with van der Waals surface area (Å²) in [5.74, 6) is -0.414. The van der Waals surface area contributed by atoms with Crippen LogP contribution >= 0.6 is 0 Å². The van der Waals surface area contributed by atoms with Crippen molar-refractivity contribution in [2.75, 3.05) is 12.4 Å². The zero-order valence-electron chi connectivity index (χ0n) is 28.4. The predicted octanol–water partition coefficient (Wildman–Crippen LogP) is 5.56. The van der Waals surface area contributed by atoms with Crippen LogP contribution in [0.25, 0.3) is 0 Å². The van der Waals surface area contributed by atoms with Crippen molar-refractivity contribution in [2.45, 2.75) is 102 Å². The molecule has 0 unspecified atom stereocenters. The lowest BCUT2D eigenvalue weighted by atomic mass is 9.83. The fraction of sp³-hybridized carbons (Fsp3) is 0.514. The normalized spacial score (nSPS) is 16.1. The van der Waals surface area contributed by atoms with Gasteiger partial charge in [0.05, 0.1) is 23.9 Å². The van der Waals surface area contributed by atoms with Gasteiger partial charge in [-0.1, -0.05) is 76.3 Å². The number of imidazole rings is 1. The second kappa shape index (κ2) is 17.9. The molecule has 3 amide bonds. The smallest absolute Gasteiger partial charge is 0.322 e. The van der Waals surface area contributed by atoms with E-state index in [0.29, 0.717) is 42.5 Å². The molecule has 4 atom stereocenters. The molecule has 0 spiro atoms. The number of likely N-dealkylation sites (N-methyl/N-ethyl adjacent to an activating group) is 1. The summed E-state index contributed by atoms with van der Waals surface area (Å²) in [5.41, 5.74) is 7.96. The SMILES string of the molecule is CC(C)CC[C@H](O)[C@H](CC1CCCCC1)NC(=O)[C@H](Cc1cn(C(=O)[C@@H](N)Cc2ccccc2)cn1)N(C)C(=O)Nc1ccc(F)cc1. The predicted molar refractivity (Wildman–Crippen MR) is 185 cm³/mol. The number of hydrogen-bond acceptors (Lipinski definition) is 6. The lowest BCUT2D eigenvalue weighted by Gasteiger charge is -2.33. The number of halogens is 1. The van der Waals surface area contributed by atoms with E-state index in [9.17, 15) is 23.9 Å². The van der Waals surface area contributed by atoms with Gasteiger partial charge in [0.1, 0.15) is 18.2 Å². The third-order valence-corrected chi connectivity index (χ3v) is 9.24. The van der Waals surface area contributed by atoms with Gasteiger partial charge < -0.3 is 26.4 Å². The van der Waals surface area contributed by atoms with Gasteiger partial charge in [0, 0.05) is 25.4 Å². The van der Waals surface area contributed by atoms with Gasteiger partial charge in [0.2, 0.25) is 11.8 Å².